The topological polar surface area (TPSA) is 78.4 Å². The maximum atomic E-state index is 12.3. The summed E-state index contributed by atoms with van der Waals surface area (Å²) < 4.78 is 0. The van der Waals surface area contributed by atoms with Crippen LogP contribution in [-0.2, 0) is 5.60 Å². The van der Waals surface area contributed by atoms with E-state index in [9.17, 15) is 9.90 Å². The minimum Gasteiger partial charge on any atom is -0.385 e. The summed E-state index contributed by atoms with van der Waals surface area (Å²) in [6.07, 6.45) is 1.07. The molecule has 1 amide bonds. The minimum absolute atomic E-state index is 0.252. The van der Waals surface area contributed by atoms with Crippen molar-refractivity contribution < 1.29 is 9.90 Å². The summed E-state index contributed by atoms with van der Waals surface area (Å²) in [5.41, 5.74) is 0.776. The van der Waals surface area contributed by atoms with Crippen LogP contribution >= 0.6 is 11.6 Å². The molecule has 1 aromatic heterocycles. The number of anilines is 2. The summed E-state index contributed by atoms with van der Waals surface area (Å²) in [5, 5.41) is 22.7. The Morgan fingerprint density at radius 1 is 0.966 bits per heavy atom. The van der Waals surface area contributed by atoms with E-state index in [1.165, 1.54) is 0 Å². The number of carbonyl (C=O) groups is 1. The van der Waals surface area contributed by atoms with Crippen molar-refractivity contribution in [2.24, 2.45) is 0 Å². The lowest BCUT2D eigenvalue weighted by Gasteiger charge is -2.39. The molecule has 3 aromatic rings. The molecular formula is C22H21ClN4O2. The molecule has 1 aliphatic rings. The van der Waals surface area contributed by atoms with Gasteiger partial charge in [0.25, 0.3) is 5.91 Å². The van der Waals surface area contributed by atoms with E-state index in [0.29, 0.717) is 42.5 Å². The van der Waals surface area contributed by atoms with Gasteiger partial charge in [-0.1, -0.05) is 48.0 Å². The first kappa shape index (κ1) is 19.4. The Kier molecular flexibility index (Phi) is 5.47. The highest BCUT2D eigenvalue weighted by Gasteiger charge is 2.35. The lowest BCUT2D eigenvalue weighted by Crippen LogP contribution is -2.43. The number of hydrogen-bond donors (Lipinski definition) is 2. The van der Waals surface area contributed by atoms with Gasteiger partial charge in [0.15, 0.2) is 11.5 Å². The second-order valence-corrected chi connectivity index (χ2v) is 7.50. The first-order chi connectivity index (χ1) is 14.0. The number of nitrogens with one attached hydrogen (secondary N) is 1. The Hall–Kier alpha value is -2.96. The maximum absolute atomic E-state index is 12.3. The number of benzene rings is 2. The Morgan fingerprint density at radius 2 is 1.66 bits per heavy atom. The van der Waals surface area contributed by atoms with Gasteiger partial charge in [0, 0.05) is 29.4 Å². The molecule has 2 heterocycles. The SMILES string of the molecule is O=C(Nc1ccccc1)c1ccc(N2CCC(O)(c3ccccc3Cl)CC2)nn1. The number of aliphatic hydroxyl groups is 1. The van der Waals surface area contributed by atoms with E-state index in [4.69, 9.17) is 11.6 Å². The number of para-hydroxylation sites is 1. The number of piperidine rings is 1. The smallest absolute Gasteiger partial charge is 0.276 e. The zero-order valence-corrected chi connectivity index (χ0v) is 16.5. The molecule has 0 bridgehead atoms. The van der Waals surface area contributed by atoms with Crippen LogP contribution in [0.5, 0.6) is 0 Å². The highest BCUT2D eigenvalue weighted by atomic mass is 35.5. The molecule has 0 saturated carbocycles. The number of aromatic nitrogens is 2. The van der Waals surface area contributed by atoms with Crippen LogP contribution in [0.15, 0.2) is 66.7 Å². The van der Waals surface area contributed by atoms with Gasteiger partial charge < -0.3 is 15.3 Å². The van der Waals surface area contributed by atoms with E-state index in [0.717, 1.165) is 5.56 Å². The Labute approximate surface area is 174 Å². The van der Waals surface area contributed by atoms with E-state index in [1.807, 2.05) is 48.5 Å². The third kappa shape index (κ3) is 4.23. The Morgan fingerprint density at radius 3 is 2.31 bits per heavy atom. The second-order valence-electron chi connectivity index (χ2n) is 7.10. The maximum Gasteiger partial charge on any atom is 0.276 e. The van der Waals surface area contributed by atoms with Crippen LogP contribution in [0.1, 0.15) is 28.9 Å². The lowest BCUT2D eigenvalue weighted by molar-refractivity contribution is 0.0117. The largest absolute Gasteiger partial charge is 0.385 e. The average Bonchev–Trinajstić information content (AvgIpc) is 2.75. The van der Waals surface area contributed by atoms with E-state index < -0.39 is 5.60 Å². The number of hydrogen-bond acceptors (Lipinski definition) is 5. The second kappa shape index (κ2) is 8.19. The molecule has 0 unspecified atom stereocenters. The van der Waals surface area contributed by atoms with E-state index >= 15 is 0 Å². The highest BCUT2D eigenvalue weighted by Crippen LogP contribution is 2.37. The standard InChI is InChI=1S/C22H21ClN4O2/c23-18-9-5-4-8-17(18)22(29)12-14-27(15-13-22)20-11-10-19(25-26-20)21(28)24-16-6-2-1-3-7-16/h1-11,29H,12-15H2,(H,24,28). The molecule has 4 rings (SSSR count). The summed E-state index contributed by atoms with van der Waals surface area (Å²) in [4.78, 5) is 14.4. The first-order valence-corrected chi connectivity index (χ1v) is 9.85. The van der Waals surface area contributed by atoms with Crippen molar-refractivity contribution in [2.45, 2.75) is 18.4 Å². The van der Waals surface area contributed by atoms with Crippen molar-refractivity contribution in [3.8, 4) is 0 Å². The normalized spacial score (nSPS) is 15.7. The number of rotatable bonds is 4. The molecule has 2 N–H and O–H groups in total. The summed E-state index contributed by atoms with van der Waals surface area (Å²) in [6, 6.07) is 20.1. The van der Waals surface area contributed by atoms with E-state index in [-0.39, 0.29) is 11.6 Å². The third-order valence-corrected chi connectivity index (χ3v) is 5.53. The van der Waals surface area contributed by atoms with Crippen molar-refractivity contribution in [3.05, 3.63) is 83.0 Å². The van der Waals surface area contributed by atoms with Gasteiger partial charge in [-0.05, 0) is 43.2 Å². The van der Waals surface area contributed by atoms with Crippen LogP contribution < -0.4 is 10.2 Å². The third-order valence-electron chi connectivity index (χ3n) is 5.20. The van der Waals surface area contributed by atoms with Gasteiger partial charge in [0.05, 0.1) is 5.60 Å². The number of nitrogens with zero attached hydrogens (tertiary/aromatic N) is 3. The molecule has 0 atom stereocenters. The van der Waals surface area contributed by atoms with Gasteiger partial charge in [0.2, 0.25) is 0 Å². The molecule has 1 fully saturated rings. The fourth-order valence-electron chi connectivity index (χ4n) is 3.55. The van der Waals surface area contributed by atoms with Crippen molar-refractivity contribution in [1.82, 2.24) is 10.2 Å². The summed E-state index contributed by atoms with van der Waals surface area (Å²) in [5.74, 6) is 0.379. The highest BCUT2D eigenvalue weighted by molar-refractivity contribution is 6.31. The number of carbonyl (C=O) groups excluding carboxylic acids is 1. The van der Waals surface area contributed by atoms with Crippen molar-refractivity contribution in [2.75, 3.05) is 23.3 Å². The Balaban J connectivity index is 1.40. The van der Waals surface area contributed by atoms with Gasteiger partial charge in [-0.25, -0.2) is 0 Å². The Bertz CT molecular complexity index is 987. The average molecular weight is 409 g/mol. The molecule has 0 spiro atoms. The zero-order chi connectivity index (χ0) is 20.3. The minimum atomic E-state index is -0.947. The molecule has 2 aromatic carbocycles. The van der Waals surface area contributed by atoms with Crippen molar-refractivity contribution in [3.63, 3.8) is 0 Å². The first-order valence-electron chi connectivity index (χ1n) is 9.48. The van der Waals surface area contributed by atoms with Crippen LogP contribution in [0.25, 0.3) is 0 Å². The zero-order valence-electron chi connectivity index (χ0n) is 15.8. The molecule has 7 heteroatoms. The molecule has 1 aliphatic heterocycles. The molecule has 29 heavy (non-hydrogen) atoms. The predicted octanol–water partition coefficient (Wildman–Crippen LogP) is 3.87. The van der Waals surface area contributed by atoms with Crippen LogP contribution in [-0.4, -0.2) is 34.3 Å². The van der Waals surface area contributed by atoms with Gasteiger partial charge in [-0.15, -0.1) is 10.2 Å². The number of amides is 1. The van der Waals surface area contributed by atoms with E-state index in [1.54, 1.807) is 18.2 Å². The van der Waals surface area contributed by atoms with Crippen LogP contribution in [0.4, 0.5) is 11.5 Å². The fraction of sp³-hybridized carbons (Fsp3) is 0.227. The molecular weight excluding hydrogens is 388 g/mol. The van der Waals surface area contributed by atoms with Gasteiger partial charge in [-0.3, -0.25) is 4.79 Å². The predicted molar refractivity (Wildman–Crippen MR) is 113 cm³/mol. The van der Waals surface area contributed by atoms with Gasteiger partial charge in [-0.2, -0.15) is 0 Å². The van der Waals surface area contributed by atoms with Crippen LogP contribution in [0.2, 0.25) is 5.02 Å². The molecule has 148 valence electrons. The van der Waals surface area contributed by atoms with Crippen LogP contribution in [0, 0.1) is 0 Å². The van der Waals surface area contributed by atoms with Crippen molar-refractivity contribution in [1.29, 1.82) is 0 Å². The molecule has 0 radical (unpaired) electrons. The fourth-order valence-corrected chi connectivity index (χ4v) is 3.86. The molecule has 0 aliphatic carbocycles. The lowest BCUT2D eigenvalue weighted by atomic mass is 9.84. The summed E-state index contributed by atoms with van der Waals surface area (Å²) in [7, 11) is 0. The van der Waals surface area contributed by atoms with Crippen molar-refractivity contribution >= 4 is 29.0 Å². The van der Waals surface area contributed by atoms with Gasteiger partial charge >= 0.3 is 0 Å². The summed E-state index contributed by atoms with van der Waals surface area (Å²) in [6.45, 7) is 1.23. The van der Waals surface area contributed by atoms with Gasteiger partial charge in [0.1, 0.15) is 0 Å². The van der Waals surface area contributed by atoms with E-state index in [2.05, 4.69) is 20.4 Å². The molecule has 1 saturated heterocycles. The summed E-state index contributed by atoms with van der Waals surface area (Å²) >= 11 is 6.27. The van der Waals surface area contributed by atoms with Crippen LogP contribution in [0.3, 0.4) is 0 Å². The molecule has 6 nitrogen and oxygen atoms in total. The number of halogens is 1. The monoisotopic (exact) mass is 408 g/mol. The quantitative estimate of drug-likeness (QED) is 0.685.